The lowest BCUT2D eigenvalue weighted by atomic mass is 9.97. The van der Waals surface area contributed by atoms with Crippen LogP contribution >= 0.6 is 11.8 Å². The maximum absolute atomic E-state index is 13.0. The molecule has 0 N–H and O–H groups in total. The van der Waals surface area contributed by atoms with Gasteiger partial charge in [-0.05, 0) is 44.0 Å². The third-order valence-electron chi connectivity index (χ3n) is 5.15. The Balaban J connectivity index is 1.43. The minimum Gasteiger partial charge on any atom is -0.341 e. The predicted octanol–water partition coefficient (Wildman–Crippen LogP) is 3.52. The highest BCUT2D eigenvalue weighted by atomic mass is 32.2. The molecular formula is C20H21N5O3S. The summed E-state index contributed by atoms with van der Waals surface area (Å²) in [5.41, 5.74) is 0.862. The zero-order valence-electron chi connectivity index (χ0n) is 16.0. The van der Waals surface area contributed by atoms with Gasteiger partial charge in [-0.3, -0.25) is 19.3 Å². The summed E-state index contributed by atoms with van der Waals surface area (Å²) in [6, 6.07) is 12.1. The number of likely N-dealkylation sites (tertiary alicyclic amines) is 1. The van der Waals surface area contributed by atoms with E-state index in [2.05, 4.69) is 10.2 Å². The van der Waals surface area contributed by atoms with Crippen molar-refractivity contribution in [2.24, 2.45) is 0 Å². The fraction of sp³-hybridized carbons (Fsp3) is 0.350. The minimum atomic E-state index is -0.426. The maximum Gasteiger partial charge on any atom is 0.269 e. The Labute approximate surface area is 172 Å². The van der Waals surface area contributed by atoms with Crippen molar-refractivity contribution in [2.75, 3.05) is 13.1 Å². The molecule has 1 saturated heterocycles. The zero-order chi connectivity index (χ0) is 20.4. The number of nitro groups is 1. The fourth-order valence-electron chi connectivity index (χ4n) is 3.68. The van der Waals surface area contributed by atoms with E-state index in [1.54, 1.807) is 12.1 Å². The Bertz CT molecular complexity index is 1040. The molecule has 150 valence electrons. The average Bonchev–Trinajstić information content (AvgIpc) is 3.18. The maximum atomic E-state index is 13.0. The molecule has 1 aliphatic rings. The third-order valence-corrected chi connectivity index (χ3v) is 6.25. The molecular weight excluding hydrogens is 390 g/mol. The molecule has 2 unspecified atom stereocenters. The molecule has 0 saturated carbocycles. The monoisotopic (exact) mass is 411 g/mol. The average molecular weight is 411 g/mol. The normalized spacial score (nSPS) is 18.0. The second-order valence-corrected chi connectivity index (χ2v) is 8.54. The number of thioether (sulfide) groups is 1. The number of carbonyl (C=O) groups is 1. The van der Waals surface area contributed by atoms with Gasteiger partial charge in [0, 0.05) is 42.2 Å². The SMILES string of the molecule is CC(Sc1ccc([N+](=O)[O-])cc1)C(=O)N1CCCC(c2nnc3ccccn23)C1. The van der Waals surface area contributed by atoms with Crippen LogP contribution in [0.4, 0.5) is 5.69 Å². The lowest BCUT2D eigenvalue weighted by Gasteiger charge is -2.33. The number of non-ortho nitro benzene ring substituents is 1. The van der Waals surface area contributed by atoms with Crippen molar-refractivity contribution in [1.82, 2.24) is 19.5 Å². The molecule has 2 aromatic heterocycles. The van der Waals surface area contributed by atoms with E-state index in [-0.39, 0.29) is 22.8 Å². The number of carbonyl (C=O) groups excluding carboxylic acids is 1. The van der Waals surface area contributed by atoms with Crippen LogP contribution in [0.3, 0.4) is 0 Å². The summed E-state index contributed by atoms with van der Waals surface area (Å²) in [7, 11) is 0. The second-order valence-electron chi connectivity index (χ2n) is 7.12. The summed E-state index contributed by atoms with van der Waals surface area (Å²) in [5.74, 6) is 1.13. The molecule has 1 amide bonds. The quantitative estimate of drug-likeness (QED) is 0.362. The van der Waals surface area contributed by atoms with E-state index in [0.717, 1.165) is 35.8 Å². The van der Waals surface area contributed by atoms with Crippen LogP contribution in [-0.4, -0.2) is 48.7 Å². The Hall–Kier alpha value is -2.94. The number of fused-ring (bicyclic) bond motifs is 1. The summed E-state index contributed by atoms with van der Waals surface area (Å²) in [6.45, 7) is 3.24. The van der Waals surface area contributed by atoms with Crippen LogP contribution in [0, 0.1) is 10.1 Å². The number of nitro benzene ring substituents is 1. The van der Waals surface area contributed by atoms with E-state index in [0.29, 0.717) is 6.54 Å². The molecule has 1 aliphatic heterocycles. The molecule has 4 rings (SSSR count). The lowest BCUT2D eigenvalue weighted by Crippen LogP contribution is -2.43. The Morgan fingerprint density at radius 2 is 2.03 bits per heavy atom. The van der Waals surface area contributed by atoms with Gasteiger partial charge in [0.25, 0.3) is 5.69 Å². The van der Waals surface area contributed by atoms with Gasteiger partial charge in [-0.15, -0.1) is 22.0 Å². The predicted molar refractivity (Wildman–Crippen MR) is 110 cm³/mol. The van der Waals surface area contributed by atoms with E-state index >= 15 is 0 Å². The van der Waals surface area contributed by atoms with Crippen LogP contribution in [0.15, 0.2) is 53.6 Å². The first kappa shape index (κ1) is 19.4. The number of hydrogen-bond acceptors (Lipinski definition) is 6. The number of rotatable bonds is 5. The summed E-state index contributed by atoms with van der Waals surface area (Å²) < 4.78 is 1.99. The lowest BCUT2D eigenvalue weighted by molar-refractivity contribution is -0.384. The molecule has 8 nitrogen and oxygen atoms in total. The van der Waals surface area contributed by atoms with Crippen LogP contribution < -0.4 is 0 Å². The molecule has 0 bridgehead atoms. The van der Waals surface area contributed by atoms with Gasteiger partial charge in [0.1, 0.15) is 5.82 Å². The Morgan fingerprint density at radius 1 is 1.24 bits per heavy atom. The van der Waals surface area contributed by atoms with Crippen molar-refractivity contribution >= 4 is 29.0 Å². The molecule has 0 spiro atoms. The largest absolute Gasteiger partial charge is 0.341 e. The highest BCUT2D eigenvalue weighted by Crippen LogP contribution is 2.30. The van der Waals surface area contributed by atoms with Gasteiger partial charge in [-0.2, -0.15) is 0 Å². The number of aromatic nitrogens is 3. The molecule has 1 fully saturated rings. The van der Waals surface area contributed by atoms with Crippen LogP contribution in [0.2, 0.25) is 0 Å². The molecule has 3 heterocycles. The molecule has 0 radical (unpaired) electrons. The van der Waals surface area contributed by atoms with E-state index < -0.39 is 4.92 Å². The number of piperidine rings is 1. The van der Waals surface area contributed by atoms with Crippen molar-refractivity contribution in [3.8, 4) is 0 Å². The van der Waals surface area contributed by atoms with E-state index in [1.807, 2.05) is 40.6 Å². The third kappa shape index (κ3) is 4.09. The van der Waals surface area contributed by atoms with E-state index in [1.165, 1.54) is 23.9 Å². The fourth-order valence-corrected chi connectivity index (χ4v) is 4.64. The van der Waals surface area contributed by atoms with Gasteiger partial charge in [0.15, 0.2) is 5.65 Å². The first-order valence-corrected chi connectivity index (χ1v) is 10.4. The van der Waals surface area contributed by atoms with Crippen molar-refractivity contribution in [1.29, 1.82) is 0 Å². The molecule has 29 heavy (non-hydrogen) atoms. The van der Waals surface area contributed by atoms with E-state index in [9.17, 15) is 14.9 Å². The molecule has 0 aliphatic carbocycles. The number of pyridine rings is 1. The molecule has 9 heteroatoms. The smallest absolute Gasteiger partial charge is 0.269 e. The summed E-state index contributed by atoms with van der Waals surface area (Å²) in [5, 5.41) is 19.1. The van der Waals surface area contributed by atoms with Crippen molar-refractivity contribution < 1.29 is 9.72 Å². The number of amides is 1. The summed E-state index contributed by atoms with van der Waals surface area (Å²) in [6.07, 6.45) is 3.86. The van der Waals surface area contributed by atoms with Crippen LogP contribution in [0.1, 0.15) is 31.5 Å². The number of benzene rings is 1. The Morgan fingerprint density at radius 3 is 2.79 bits per heavy atom. The molecule has 1 aromatic carbocycles. The van der Waals surface area contributed by atoms with Gasteiger partial charge >= 0.3 is 0 Å². The highest BCUT2D eigenvalue weighted by Gasteiger charge is 2.30. The van der Waals surface area contributed by atoms with Crippen molar-refractivity contribution in [3.05, 3.63) is 64.6 Å². The van der Waals surface area contributed by atoms with Gasteiger partial charge in [-0.25, -0.2) is 0 Å². The van der Waals surface area contributed by atoms with Gasteiger partial charge in [-0.1, -0.05) is 6.07 Å². The highest BCUT2D eigenvalue weighted by molar-refractivity contribution is 8.00. The second kappa shape index (κ2) is 8.20. The standard InChI is InChI=1S/C20H21N5O3S/c1-14(29-17-9-7-16(8-10-17)25(27)28)20(26)23-11-4-5-15(13-23)19-22-21-18-6-2-3-12-24(18)19/h2-3,6-10,12,14-15H,4-5,11,13H2,1H3. The van der Waals surface area contributed by atoms with E-state index in [4.69, 9.17) is 0 Å². The Kier molecular flexibility index (Phi) is 5.48. The first-order chi connectivity index (χ1) is 14.0. The minimum absolute atomic E-state index is 0.0488. The van der Waals surface area contributed by atoms with Gasteiger partial charge < -0.3 is 4.90 Å². The van der Waals surface area contributed by atoms with Crippen LogP contribution in [0.25, 0.3) is 5.65 Å². The van der Waals surface area contributed by atoms with Crippen LogP contribution in [-0.2, 0) is 4.79 Å². The topological polar surface area (TPSA) is 93.6 Å². The summed E-state index contributed by atoms with van der Waals surface area (Å²) in [4.78, 5) is 26.1. The number of nitrogens with zero attached hydrogens (tertiary/aromatic N) is 5. The molecule has 3 aromatic rings. The molecule has 2 atom stereocenters. The van der Waals surface area contributed by atoms with Crippen molar-refractivity contribution in [2.45, 2.75) is 35.8 Å². The zero-order valence-corrected chi connectivity index (χ0v) is 16.8. The van der Waals surface area contributed by atoms with Crippen molar-refractivity contribution in [3.63, 3.8) is 0 Å². The van der Waals surface area contributed by atoms with Crippen LogP contribution in [0.5, 0.6) is 0 Å². The summed E-state index contributed by atoms with van der Waals surface area (Å²) >= 11 is 1.42. The number of hydrogen-bond donors (Lipinski definition) is 0. The van der Waals surface area contributed by atoms with Gasteiger partial charge in [0.05, 0.1) is 10.2 Å². The van der Waals surface area contributed by atoms with Gasteiger partial charge in [0.2, 0.25) is 5.91 Å². The first-order valence-electron chi connectivity index (χ1n) is 9.52.